The van der Waals surface area contributed by atoms with Crippen molar-refractivity contribution in [3.05, 3.63) is 82.9 Å². The monoisotopic (exact) mass is 463 g/mol. The average Bonchev–Trinajstić information content (AvgIpc) is 3.21. The van der Waals surface area contributed by atoms with E-state index in [0.29, 0.717) is 29.7 Å². The molecule has 1 aliphatic heterocycles. The van der Waals surface area contributed by atoms with E-state index in [2.05, 4.69) is 15.3 Å². The number of rotatable bonds is 9. The molecule has 0 spiro atoms. The third-order valence-corrected chi connectivity index (χ3v) is 6.09. The molecule has 2 N–H and O–H groups in total. The van der Waals surface area contributed by atoms with Gasteiger partial charge in [-0.05, 0) is 47.5 Å². The zero-order chi connectivity index (χ0) is 23.0. The molecular weight excluding hydrogens is 438 g/mol. The minimum Gasteiger partial charge on any atom is -0.490 e. The zero-order valence-corrected chi connectivity index (χ0v) is 19.0. The number of pyridine rings is 1. The Hall–Kier alpha value is -3.20. The molecule has 4 rings (SSSR count). The van der Waals surface area contributed by atoms with E-state index in [9.17, 15) is 9.90 Å². The van der Waals surface area contributed by atoms with Crippen LogP contribution in [0.3, 0.4) is 0 Å². The maximum atomic E-state index is 12.4. The van der Waals surface area contributed by atoms with Crippen molar-refractivity contribution in [3.8, 4) is 5.75 Å². The standard InChI is InChI=1S/C25H25N3O4S/c1-31-13-14-32-22-11-12-26-20-9-7-17(15-19(20)22)8-10-23-24(30)28-25(33-23)27-21(16-29)18-5-3-2-4-6-18/h2-7,9-12,15,21,29H,8,13-14,16H2,1H3,(H,27,28,30)/b23-10-/t21-/m0/s1. The molecule has 3 aromatic rings. The topological polar surface area (TPSA) is 93.0 Å². The number of aromatic nitrogens is 1. The number of hydrogen-bond donors (Lipinski definition) is 2. The quantitative estimate of drug-likeness (QED) is 0.372. The van der Waals surface area contributed by atoms with Crippen molar-refractivity contribution >= 4 is 33.7 Å². The summed E-state index contributed by atoms with van der Waals surface area (Å²) in [4.78, 5) is 22.0. The van der Waals surface area contributed by atoms with E-state index in [1.165, 1.54) is 11.8 Å². The van der Waals surface area contributed by atoms with Crippen LogP contribution in [0.2, 0.25) is 0 Å². The average molecular weight is 464 g/mol. The Morgan fingerprint density at radius 1 is 1.18 bits per heavy atom. The minimum atomic E-state index is -0.419. The minimum absolute atomic E-state index is 0.136. The van der Waals surface area contributed by atoms with Gasteiger partial charge in [-0.1, -0.05) is 42.5 Å². The van der Waals surface area contributed by atoms with Gasteiger partial charge in [0.2, 0.25) is 0 Å². The molecule has 2 heterocycles. The van der Waals surface area contributed by atoms with Crippen LogP contribution in [0.15, 0.2) is 76.8 Å². The number of ether oxygens (including phenoxy) is 2. The maximum absolute atomic E-state index is 12.4. The molecule has 1 aromatic heterocycles. The molecule has 0 saturated carbocycles. The predicted molar refractivity (Wildman–Crippen MR) is 130 cm³/mol. The summed E-state index contributed by atoms with van der Waals surface area (Å²) in [5, 5.41) is 13.9. The van der Waals surface area contributed by atoms with Gasteiger partial charge in [0.05, 0.1) is 23.6 Å². The summed E-state index contributed by atoms with van der Waals surface area (Å²) in [5.74, 6) is 0.569. The highest BCUT2D eigenvalue weighted by Crippen LogP contribution is 2.29. The lowest BCUT2D eigenvalue weighted by molar-refractivity contribution is -0.115. The van der Waals surface area contributed by atoms with Crippen LogP contribution in [-0.4, -0.2) is 48.1 Å². The van der Waals surface area contributed by atoms with E-state index in [1.54, 1.807) is 13.3 Å². The number of allylic oxidation sites excluding steroid dienone is 1. The first-order valence-corrected chi connectivity index (χ1v) is 11.4. The Bertz CT molecular complexity index is 1180. The molecule has 170 valence electrons. The normalized spacial score (nSPS) is 17.0. The van der Waals surface area contributed by atoms with Crippen LogP contribution in [0.25, 0.3) is 10.9 Å². The number of aliphatic hydroxyl groups is 1. The van der Waals surface area contributed by atoms with E-state index in [-0.39, 0.29) is 12.5 Å². The number of methoxy groups -OCH3 is 1. The lowest BCUT2D eigenvalue weighted by Crippen LogP contribution is -2.21. The number of fused-ring (bicyclic) bond motifs is 1. The van der Waals surface area contributed by atoms with Crippen LogP contribution in [-0.2, 0) is 16.0 Å². The molecule has 1 aliphatic rings. The van der Waals surface area contributed by atoms with Gasteiger partial charge in [-0.3, -0.25) is 14.8 Å². The largest absolute Gasteiger partial charge is 0.490 e. The first-order valence-electron chi connectivity index (χ1n) is 10.6. The van der Waals surface area contributed by atoms with Crippen molar-refractivity contribution in [1.82, 2.24) is 10.3 Å². The second-order valence-electron chi connectivity index (χ2n) is 7.37. The summed E-state index contributed by atoms with van der Waals surface area (Å²) in [5.41, 5.74) is 2.78. The van der Waals surface area contributed by atoms with E-state index >= 15 is 0 Å². The first-order chi connectivity index (χ1) is 16.2. The van der Waals surface area contributed by atoms with Crippen molar-refractivity contribution < 1.29 is 19.4 Å². The van der Waals surface area contributed by atoms with Crippen molar-refractivity contribution in [2.24, 2.45) is 4.99 Å². The van der Waals surface area contributed by atoms with Crippen LogP contribution in [0, 0.1) is 0 Å². The molecule has 0 radical (unpaired) electrons. The fraction of sp³-hybridized carbons (Fsp3) is 0.240. The molecule has 2 aromatic carbocycles. The number of hydrogen-bond acceptors (Lipinski definition) is 7. The van der Waals surface area contributed by atoms with Crippen LogP contribution in [0.1, 0.15) is 17.2 Å². The van der Waals surface area contributed by atoms with Crippen LogP contribution in [0.4, 0.5) is 0 Å². The van der Waals surface area contributed by atoms with Gasteiger partial charge in [0.25, 0.3) is 5.91 Å². The number of benzene rings is 2. The van der Waals surface area contributed by atoms with Gasteiger partial charge in [-0.15, -0.1) is 0 Å². The van der Waals surface area contributed by atoms with Gasteiger partial charge in [0, 0.05) is 18.7 Å². The third kappa shape index (κ3) is 5.78. The second kappa shape index (κ2) is 11.1. The maximum Gasteiger partial charge on any atom is 0.263 e. The van der Waals surface area contributed by atoms with Gasteiger partial charge in [-0.2, -0.15) is 0 Å². The van der Waals surface area contributed by atoms with E-state index in [1.807, 2.05) is 60.7 Å². The van der Waals surface area contributed by atoms with Gasteiger partial charge < -0.3 is 19.9 Å². The third-order valence-electron chi connectivity index (χ3n) is 5.12. The smallest absolute Gasteiger partial charge is 0.263 e. The molecule has 33 heavy (non-hydrogen) atoms. The van der Waals surface area contributed by atoms with Crippen molar-refractivity contribution in [1.29, 1.82) is 0 Å². The number of aliphatic hydroxyl groups excluding tert-OH is 1. The Kier molecular flexibility index (Phi) is 7.72. The molecule has 7 nitrogen and oxygen atoms in total. The number of thioether (sulfide) groups is 1. The molecule has 1 amide bonds. The van der Waals surface area contributed by atoms with Crippen molar-refractivity contribution in [2.45, 2.75) is 12.5 Å². The molecule has 1 fully saturated rings. The Morgan fingerprint density at radius 3 is 2.82 bits per heavy atom. The number of aliphatic imine (C=N–C) groups is 1. The number of amides is 1. The highest BCUT2D eigenvalue weighted by Gasteiger charge is 2.24. The molecule has 8 heteroatoms. The molecule has 0 bridgehead atoms. The van der Waals surface area contributed by atoms with E-state index < -0.39 is 6.04 Å². The summed E-state index contributed by atoms with van der Waals surface area (Å²) in [7, 11) is 1.64. The summed E-state index contributed by atoms with van der Waals surface area (Å²) >= 11 is 1.29. The number of nitrogens with one attached hydrogen (secondary N) is 1. The zero-order valence-electron chi connectivity index (χ0n) is 18.2. The van der Waals surface area contributed by atoms with Gasteiger partial charge in [0.15, 0.2) is 5.17 Å². The fourth-order valence-corrected chi connectivity index (χ4v) is 4.27. The Labute approximate surface area is 196 Å². The summed E-state index contributed by atoms with van der Waals surface area (Å²) in [6.45, 7) is 0.830. The lowest BCUT2D eigenvalue weighted by atomic mass is 10.1. The van der Waals surface area contributed by atoms with Gasteiger partial charge in [-0.25, -0.2) is 0 Å². The Morgan fingerprint density at radius 2 is 2.03 bits per heavy atom. The molecule has 1 atom stereocenters. The Balaban J connectivity index is 1.48. The van der Waals surface area contributed by atoms with Crippen LogP contribution < -0.4 is 10.1 Å². The first kappa shape index (κ1) is 23.0. The SMILES string of the molecule is COCCOc1ccnc2ccc(C/C=C3\SC(=N[C@@H](CO)c4ccccc4)NC3=O)cc12. The summed E-state index contributed by atoms with van der Waals surface area (Å²) in [6.07, 6.45) is 4.19. The lowest BCUT2D eigenvalue weighted by Gasteiger charge is -2.10. The highest BCUT2D eigenvalue weighted by atomic mass is 32.2. The molecule has 1 saturated heterocycles. The summed E-state index contributed by atoms with van der Waals surface area (Å²) < 4.78 is 10.9. The number of amidine groups is 1. The van der Waals surface area contributed by atoms with E-state index in [0.717, 1.165) is 27.8 Å². The van der Waals surface area contributed by atoms with Gasteiger partial charge in [0.1, 0.15) is 18.4 Å². The number of carbonyl (C=O) groups excluding carboxylic acids is 1. The number of carbonyl (C=O) groups is 1. The number of nitrogens with zero attached hydrogens (tertiary/aromatic N) is 2. The molecule has 0 aliphatic carbocycles. The van der Waals surface area contributed by atoms with Crippen LogP contribution >= 0.6 is 11.8 Å². The molecular formula is C25H25N3O4S. The fourth-order valence-electron chi connectivity index (χ4n) is 3.43. The van der Waals surface area contributed by atoms with Gasteiger partial charge >= 0.3 is 0 Å². The summed E-state index contributed by atoms with van der Waals surface area (Å²) in [6, 6.07) is 16.9. The predicted octanol–water partition coefficient (Wildman–Crippen LogP) is 3.64. The van der Waals surface area contributed by atoms with Crippen LogP contribution in [0.5, 0.6) is 5.75 Å². The van der Waals surface area contributed by atoms with E-state index in [4.69, 9.17) is 9.47 Å². The highest BCUT2D eigenvalue weighted by molar-refractivity contribution is 8.18. The van der Waals surface area contributed by atoms with Crippen molar-refractivity contribution in [2.75, 3.05) is 26.9 Å². The van der Waals surface area contributed by atoms with Crippen molar-refractivity contribution in [3.63, 3.8) is 0 Å². The molecule has 0 unspecified atom stereocenters. The second-order valence-corrected chi connectivity index (χ2v) is 8.40.